The molecule has 0 aliphatic carbocycles. The Morgan fingerprint density at radius 3 is 2.80 bits per heavy atom. The molecule has 1 aliphatic heterocycles. The molecule has 156 valence electrons. The summed E-state index contributed by atoms with van der Waals surface area (Å²) in [7, 11) is 1.65. The fourth-order valence-corrected chi connectivity index (χ4v) is 4.50. The number of methoxy groups -OCH3 is 1. The van der Waals surface area contributed by atoms with Crippen molar-refractivity contribution in [1.29, 1.82) is 0 Å². The van der Waals surface area contributed by atoms with E-state index in [4.69, 9.17) is 4.74 Å². The summed E-state index contributed by atoms with van der Waals surface area (Å²) in [4.78, 5) is 19.3. The van der Waals surface area contributed by atoms with E-state index in [1.54, 1.807) is 13.3 Å². The lowest BCUT2D eigenvalue weighted by Gasteiger charge is -2.20. The molecule has 1 amide bonds. The summed E-state index contributed by atoms with van der Waals surface area (Å²) in [6.07, 6.45) is 6.12. The second-order valence-corrected chi connectivity index (χ2v) is 8.26. The van der Waals surface area contributed by atoms with Gasteiger partial charge in [0.05, 0.1) is 18.6 Å². The van der Waals surface area contributed by atoms with Crippen molar-refractivity contribution in [3.8, 4) is 11.4 Å². The first-order chi connectivity index (χ1) is 14.6. The van der Waals surface area contributed by atoms with Gasteiger partial charge in [-0.05, 0) is 55.7 Å². The first-order valence-corrected chi connectivity index (χ1v) is 11.1. The Bertz CT molecular complexity index is 1030. The average Bonchev–Trinajstić information content (AvgIpc) is 3.44. The molecule has 0 unspecified atom stereocenters. The number of thioether (sulfide) groups is 1. The molecule has 0 atom stereocenters. The highest BCUT2D eigenvalue weighted by atomic mass is 32.2. The lowest BCUT2D eigenvalue weighted by atomic mass is 10.1. The zero-order chi connectivity index (χ0) is 20.9. The van der Waals surface area contributed by atoms with Gasteiger partial charge >= 0.3 is 0 Å². The van der Waals surface area contributed by atoms with Gasteiger partial charge in [0, 0.05) is 42.9 Å². The van der Waals surface area contributed by atoms with Gasteiger partial charge in [-0.1, -0.05) is 17.8 Å². The van der Waals surface area contributed by atoms with Crippen LogP contribution in [-0.2, 0) is 4.79 Å². The van der Waals surface area contributed by atoms with Crippen LogP contribution in [0.4, 0.5) is 11.4 Å². The highest BCUT2D eigenvalue weighted by molar-refractivity contribution is 7.99. The number of aromatic nitrogens is 2. The summed E-state index contributed by atoms with van der Waals surface area (Å²) in [5, 5.41) is 3.77. The Hall–Kier alpha value is -2.93. The predicted octanol–water partition coefficient (Wildman–Crippen LogP) is 4.52. The predicted molar refractivity (Wildman–Crippen MR) is 122 cm³/mol. The number of benzene rings is 2. The standard InChI is InChI=1S/C23H26N4O2S/c1-17-14-18(8-9-21(17)26-11-3-4-12-26)25-22(28)16-30-23-24-10-13-27(23)19-6-5-7-20(15-19)29-2/h5-10,13-15H,3-4,11-12,16H2,1-2H3,(H,25,28). The Morgan fingerprint density at radius 2 is 2.03 bits per heavy atom. The third kappa shape index (κ3) is 4.62. The van der Waals surface area contributed by atoms with E-state index in [2.05, 4.69) is 28.2 Å². The van der Waals surface area contributed by atoms with Crippen LogP contribution in [0.1, 0.15) is 18.4 Å². The number of hydrogen-bond acceptors (Lipinski definition) is 5. The van der Waals surface area contributed by atoms with E-state index in [9.17, 15) is 4.79 Å². The summed E-state index contributed by atoms with van der Waals surface area (Å²) >= 11 is 1.41. The van der Waals surface area contributed by atoms with Crippen LogP contribution in [0.25, 0.3) is 5.69 Å². The van der Waals surface area contributed by atoms with Gasteiger partial charge in [-0.15, -0.1) is 0 Å². The number of rotatable bonds is 7. The Morgan fingerprint density at radius 1 is 1.20 bits per heavy atom. The lowest BCUT2D eigenvalue weighted by Crippen LogP contribution is -2.19. The molecule has 2 heterocycles. The minimum atomic E-state index is -0.0477. The van der Waals surface area contributed by atoms with E-state index in [0.29, 0.717) is 0 Å². The van der Waals surface area contributed by atoms with Crippen molar-refractivity contribution in [3.05, 3.63) is 60.4 Å². The van der Waals surface area contributed by atoms with Gasteiger partial charge in [0.15, 0.2) is 5.16 Å². The lowest BCUT2D eigenvalue weighted by molar-refractivity contribution is -0.113. The van der Waals surface area contributed by atoms with Gasteiger partial charge in [0.25, 0.3) is 0 Å². The molecule has 3 aromatic rings. The molecule has 6 nitrogen and oxygen atoms in total. The van der Waals surface area contributed by atoms with Crippen molar-refractivity contribution in [1.82, 2.24) is 9.55 Å². The van der Waals surface area contributed by atoms with E-state index >= 15 is 0 Å². The molecular formula is C23H26N4O2S. The third-order valence-electron chi connectivity index (χ3n) is 5.20. The molecule has 30 heavy (non-hydrogen) atoms. The molecule has 2 aromatic carbocycles. The molecular weight excluding hydrogens is 396 g/mol. The Kier molecular flexibility index (Phi) is 6.28. The van der Waals surface area contributed by atoms with E-state index in [-0.39, 0.29) is 11.7 Å². The number of nitrogens with one attached hydrogen (secondary N) is 1. The van der Waals surface area contributed by atoms with E-state index in [1.807, 2.05) is 47.2 Å². The van der Waals surface area contributed by atoms with Gasteiger partial charge < -0.3 is 15.0 Å². The molecule has 1 fully saturated rings. The number of aryl methyl sites for hydroxylation is 1. The largest absolute Gasteiger partial charge is 0.497 e. The number of ether oxygens (including phenoxy) is 1. The van der Waals surface area contributed by atoms with Crippen molar-refractivity contribution in [2.45, 2.75) is 24.9 Å². The highest BCUT2D eigenvalue weighted by Gasteiger charge is 2.15. The molecule has 0 saturated carbocycles. The zero-order valence-corrected chi connectivity index (χ0v) is 18.1. The summed E-state index contributed by atoms with van der Waals surface area (Å²) in [5.41, 5.74) is 4.23. The molecule has 7 heteroatoms. The normalized spacial score (nSPS) is 13.5. The van der Waals surface area contributed by atoms with Crippen LogP contribution in [0.5, 0.6) is 5.75 Å². The van der Waals surface area contributed by atoms with E-state index in [0.717, 1.165) is 35.4 Å². The summed E-state index contributed by atoms with van der Waals surface area (Å²) in [6.45, 7) is 4.33. The first-order valence-electron chi connectivity index (χ1n) is 10.1. The smallest absolute Gasteiger partial charge is 0.234 e. The third-order valence-corrected chi connectivity index (χ3v) is 6.16. The van der Waals surface area contributed by atoms with Crippen molar-refractivity contribution >= 4 is 29.0 Å². The van der Waals surface area contributed by atoms with Gasteiger partial charge in [-0.2, -0.15) is 0 Å². The second kappa shape index (κ2) is 9.26. The number of amides is 1. The van der Waals surface area contributed by atoms with Gasteiger partial charge in [0.2, 0.25) is 5.91 Å². The van der Waals surface area contributed by atoms with Gasteiger partial charge in [0.1, 0.15) is 5.75 Å². The average molecular weight is 423 g/mol. The molecule has 0 bridgehead atoms. The van der Waals surface area contributed by atoms with Crippen LogP contribution >= 0.6 is 11.8 Å². The fraction of sp³-hybridized carbons (Fsp3) is 0.304. The molecule has 1 aromatic heterocycles. The summed E-state index contributed by atoms with van der Waals surface area (Å²) in [6, 6.07) is 13.9. The van der Waals surface area contributed by atoms with Crippen molar-refractivity contribution in [2.75, 3.05) is 36.2 Å². The maximum absolute atomic E-state index is 12.5. The second-order valence-electron chi connectivity index (χ2n) is 7.31. The number of imidazole rings is 1. The molecule has 1 aliphatic rings. The molecule has 4 rings (SSSR count). The van der Waals surface area contributed by atoms with Crippen molar-refractivity contribution < 1.29 is 9.53 Å². The molecule has 0 spiro atoms. The SMILES string of the molecule is COc1cccc(-n2ccnc2SCC(=O)Nc2ccc(N3CCCC3)c(C)c2)c1. The maximum Gasteiger partial charge on any atom is 0.234 e. The fourth-order valence-electron chi connectivity index (χ4n) is 3.73. The minimum absolute atomic E-state index is 0.0477. The van der Waals surface area contributed by atoms with Gasteiger partial charge in [-0.3, -0.25) is 9.36 Å². The monoisotopic (exact) mass is 422 g/mol. The summed E-state index contributed by atoms with van der Waals surface area (Å²) in [5.74, 6) is 1.02. The Labute approximate surface area is 181 Å². The molecule has 1 saturated heterocycles. The van der Waals surface area contributed by atoms with Crippen LogP contribution in [0.15, 0.2) is 60.0 Å². The zero-order valence-electron chi connectivity index (χ0n) is 17.3. The van der Waals surface area contributed by atoms with E-state index < -0.39 is 0 Å². The van der Waals surface area contributed by atoms with Crippen LogP contribution in [0, 0.1) is 6.92 Å². The number of hydrogen-bond donors (Lipinski definition) is 1. The van der Waals surface area contributed by atoms with Crippen molar-refractivity contribution in [3.63, 3.8) is 0 Å². The van der Waals surface area contributed by atoms with Crippen molar-refractivity contribution in [2.24, 2.45) is 0 Å². The molecule has 1 N–H and O–H groups in total. The first kappa shape index (κ1) is 20.3. The Balaban J connectivity index is 1.38. The number of anilines is 2. The number of carbonyl (C=O) groups excluding carboxylic acids is 1. The quantitative estimate of drug-likeness (QED) is 0.567. The van der Waals surface area contributed by atoms with Crippen LogP contribution in [0.2, 0.25) is 0 Å². The molecule has 0 radical (unpaired) electrons. The van der Waals surface area contributed by atoms with Crippen LogP contribution in [-0.4, -0.2) is 41.4 Å². The highest BCUT2D eigenvalue weighted by Crippen LogP contribution is 2.27. The summed E-state index contributed by atoms with van der Waals surface area (Å²) < 4.78 is 7.25. The van der Waals surface area contributed by atoms with Crippen LogP contribution in [0.3, 0.4) is 0 Å². The maximum atomic E-state index is 12.5. The van der Waals surface area contributed by atoms with E-state index in [1.165, 1.54) is 35.9 Å². The minimum Gasteiger partial charge on any atom is -0.497 e. The van der Waals surface area contributed by atoms with Gasteiger partial charge in [-0.25, -0.2) is 4.98 Å². The number of carbonyl (C=O) groups is 1. The van der Waals surface area contributed by atoms with Crippen LogP contribution < -0.4 is 15.0 Å². The number of nitrogens with zero attached hydrogens (tertiary/aromatic N) is 3. The topological polar surface area (TPSA) is 59.4 Å².